The highest BCUT2D eigenvalue weighted by molar-refractivity contribution is 5.90. The summed E-state index contributed by atoms with van der Waals surface area (Å²) in [5.74, 6) is 0.110. The molecule has 1 aromatic heterocycles. The summed E-state index contributed by atoms with van der Waals surface area (Å²) in [5, 5.41) is 6.95. The number of hydrogen-bond donors (Lipinski definition) is 1. The van der Waals surface area contributed by atoms with Gasteiger partial charge in [-0.1, -0.05) is 31.2 Å². The van der Waals surface area contributed by atoms with Crippen LogP contribution in [0.2, 0.25) is 0 Å². The van der Waals surface area contributed by atoms with Crippen molar-refractivity contribution in [3.05, 3.63) is 72.2 Å². The number of rotatable bonds is 11. The van der Waals surface area contributed by atoms with Gasteiger partial charge in [0.1, 0.15) is 30.4 Å². The minimum Gasteiger partial charge on any atom is -0.406 e. The van der Waals surface area contributed by atoms with Crippen LogP contribution in [-0.4, -0.2) is 51.5 Å². The first kappa shape index (κ1) is 27.6. The summed E-state index contributed by atoms with van der Waals surface area (Å²) < 4.78 is 56.5. The summed E-state index contributed by atoms with van der Waals surface area (Å²) in [4.78, 5) is 14.6. The molecule has 2 heterocycles. The van der Waals surface area contributed by atoms with E-state index in [0.29, 0.717) is 24.1 Å². The Kier molecular flexibility index (Phi) is 9.58. The van der Waals surface area contributed by atoms with Crippen molar-refractivity contribution < 1.29 is 22.3 Å². The number of halogens is 4. The second-order valence-electron chi connectivity index (χ2n) is 8.21. The van der Waals surface area contributed by atoms with Gasteiger partial charge in [0.15, 0.2) is 0 Å². The fourth-order valence-corrected chi connectivity index (χ4v) is 3.46. The molecule has 198 valence electrons. The zero-order valence-electron chi connectivity index (χ0n) is 20.7. The van der Waals surface area contributed by atoms with E-state index >= 15 is 0 Å². The topological polar surface area (TPSA) is 79.9 Å². The predicted octanol–water partition coefficient (Wildman–Crippen LogP) is 5.37. The number of unbranched alkanes of at least 4 members (excludes halogenated alkanes) is 2. The van der Waals surface area contributed by atoms with Crippen molar-refractivity contribution in [2.75, 3.05) is 13.2 Å². The number of aryl methyl sites for hydroxylation is 2. The number of aromatic nitrogens is 3. The third-order valence-electron chi connectivity index (χ3n) is 5.41. The summed E-state index contributed by atoms with van der Waals surface area (Å²) in [6.07, 6.45) is 4.87. The van der Waals surface area contributed by atoms with E-state index in [4.69, 9.17) is 0 Å². The van der Waals surface area contributed by atoms with E-state index in [2.05, 4.69) is 36.7 Å². The third kappa shape index (κ3) is 8.89. The lowest BCUT2D eigenvalue weighted by atomic mass is 10.1. The van der Waals surface area contributed by atoms with Crippen LogP contribution < -0.4 is 10.1 Å². The largest absolute Gasteiger partial charge is 0.573 e. The number of ether oxygens (including phenoxy) is 1. The van der Waals surface area contributed by atoms with Crippen LogP contribution in [0.4, 0.5) is 17.6 Å². The molecule has 1 aliphatic rings. The number of nitrogens with zero attached hydrogens (tertiary/aromatic N) is 6. The first-order valence-corrected chi connectivity index (χ1v) is 11.7. The number of hydrogen-bond acceptors (Lipinski definition) is 7. The molecule has 0 unspecified atom stereocenters. The molecular formula is C25H29F4N7O. The first-order chi connectivity index (χ1) is 17.6. The molecule has 0 saturated carbocycles. The summed E-state index contributed by atoms with van der Waals surface area (Å²) in [7, 11) is 0. The van der Waals surface area contributed by atoms with Crippen LogP contribution in [0, 0.1) is 6.92 Å². The van der Waals surface area contributed by atoms with E-state index in [-0.39, 0.29) is 11.4 Å². The lowest BCUT2D eigenvalue weighted by molar-refractivity contribution is -0.274. The zero-order valence-corrected chi connectivity index (χ0v) is 20.7. The Morgan fingerprint density at radius 2 is 1.95 bits per heavy atom. The molecule has 0 aliphatic carbocycles. The summed E-state index contributed by atoms with van der Waals surface area (Å²) in [6, 6.07) is 5.95. The Balaban J connectivity index is 1.37. The van der Waals surface area contributed by atoms with Gasteiger partial charge in [0.25, 0.3) is 0 Å². The van der Waals surface area contributed by atoms with Crippen LogP contribution in [0.5, 0.6) is 5.75 Å². The van der Waals surface area contributed by atoms with Gasteiger partial charge in [0, 0.05) is 12.2 Å². The molecule has 12 heteroatoms. The number of benzene rings is 1. The van der Waals surface area contributed by atoms with Crippen LogP contribution in [0.1, 0.15) is 37.6 Å². The molecular weight excluding hydrogens is 490 g/mol. The minimum atomic E-state index is -4.68. The lowest BCUT2D eigenvalue weighted by Gasteiger charge is -2.21. The molecule has 0 spiro atoms. The average Bonchev–Trinajstić information content (AvgIpc) is 3.29. The fraction of sp³-hybridized carbons (Fsp3) is 0.360. The van der Waals surface area contributed by atoms with E-state index in [1.165, 1.54) is 29.2 Å². The normalized spacial score (nSPS) is 14.5. The Labute approximate surface area is 212 Å². The highest BCUT2D eigenvalue weighted by atomic mass is 19.4. The number of allylic oxidation sites excluding steroid dienone is 4. The van der Waals surface area contributed by atoms with Crippen molar-refractivity contribution >= 4 is 18.0 Å². The van der Waals surface area contributed by atoms with Gasteiger partial charge in [-0.3, -0.25) is 0 Å². The summed E-state index contributed by atoms with van der Waals surface area (Å²) in [5.41, 5.74) is 1.50. The van der Waals surface area contributed by atoms with E-state index in [1.807, 2.05) is 4.90 Å². The summed E-state index contributed by atoms with van der Waals surface area (Å²) >= 11 is 0. The fourth-order valence-electron chi connectivity index (χ4n) is 3.46. The molecule has 0 fully saturated rings. The van der Waals surface area contributed by atoms with Crippen molar-refractivity contribution in [2.24, 2.45) is 9.98 Å². The van der Waals surface area contributed by atoms with E-state index in [0.717, 1.165) is 37.8 Å². The van der Waals surface area contributed by atoms with Crippen molar-refractivity contribution in [3.8, 4) is 5.75 Å². The van der Waals surface area contributed by atoms with Crippen LogP contribution in [0.3, 0.4) is 0 Å². The van der Waals surface area contributed by atoms with Gasteiger partial charge < -0.3 is 15.0 Å². The minimum absolute atomic E-state index is 0.0731. The van der Waals surface area contributed by atoms with Crippen LogP contribution in [-0.2, 0) is 6.42 Å². The zero-order chi connectivity index (χ0) is 26.8. The maximum atomic E-state index is 14.6. The molecule has 0 saturated heterocycles. The Bertz CT molecular complexity index is 1180. The second kappa shape index (κ2) is 12.8. The molecule has 0 amide bonds. The van der Waals surface area contributed by atoms with Gasteiger partial charge in [-0.15, -0.1) is 13.2 Å². The first-order valence-electron chi connectivity index (χ1n) is 11.7. The molecule has 1 aromatic carbocycles. The average molecular weight is 520 g/mol. The third-order valence-corrected chi connectivity index (χ3v) is 5.41. The monoisotopic (exact) mass is 519 g/mol. The standard InChI is InChI=1S/C25H29F4N7O/c1-4-21(14-23(26)18(2)36-19(3)30-15-33-36)34-24-31-16-35(17-32-24)13-7-5-6-8-20-9-11-22(12-10-20)37-25(27,28)29/h4,9-12,14-16H,2,5-8,13,17H2,1,3H3,(H,32,34). The highest BCUT2D eigenvalue weighted by Gasteiger charge is 2.30. The molecule has 1 N–H and O–H groups in total. The van der Waals surface area contributed by atoms with Gasteiger partial charge >= 0.3 is 6.36 Å². The van der Waals surface area contributed by atoms with Crippen LogP contribution in [0.15, 0.2) is 70.8 Å². The lowest BCUT2D eigenvalue weighted by Crippen LogP contribution is -2.32. The van der Waals surface area contributed by atoms with Gasteiger partial charge in [-0.05, 0) is 56.9 Å². The van der Waals surface area contributed by atoms with Gasteiger partial charge in [-0.25, -0.2) is 24.0 Å². The Morgan fingerprint density at radius 1 is 1.19 bits per heavy atom. The van der Waals surface area contributed by atoms with Gasteiger partial charge in [-0.2, -0.15) is 5.10 Å². The van der Waals surface area contributed by atoms with Gasteiger partial charge in [0.05, 0.1) is 12.0 Å². The Hall–Kier alpha value is -3.96. The maximum Gasteiger partial charge on any atom is 0.573 e. The number of nitrogens with one attached hydrogen (secondary N) is 1. The van der Waals surface area contributed by atoms with Crippen molar-refractivity contribution in [3.63, 3.8) is 0 Å². The van der Waals surface area contributed by atoms with Crippen molar-refractivity contribution in [1.82, 2.24) is 25.0 Å². The van der Waals surface area contributed by atoms with Crippen LogP contribution in [0.25, 0.3) is 5.70 Å². The molecule has 2 aromatic rings. The Morgan fingerprint density at radius 3 is 2.54 bits per heavy atom. The van der Waals surface area contributed by atoms with Crippen molar-refractivity contribution in [2.45, 2.75) is 45.9 Å². The van der Waals surface area contributed by atoms with Crippen LogP contribution >= 0.6 is 0 Å². The highest BCUT2D eigenvalue weighted by Crippen LogP contribution is 2.23. The molecule has 0 bridgehead atoms. The molecule has 0 atom stereocenters. The van der Waals surface area contributed by atoms with Gasteiger partial charge in [0.2, 0.25) is 5.96 Å². The SMILES string of the molecule is C=C(C(F)=CC(=CC)NC1=NCN(CCCCCc2ccc(OC(F)(F)F)cc2)C=N1)n1ncnc1C. The molecule has 0 radical (unpaired) electrons. The molecule has 1 aliphatic heterocycles. The van der Waals surface area contributed by atoms with E-state index in [1.54, 1.807) is 38.4 Å². The van der Waals surface area contributed by atoms with E-state index < -0.39 is 12.2 Å². The van der Waals surface area contributed by atoms with Crippen molar-refractivity contribution in [1.29, 1.82) is 0 Å². The number of aliphatic imine (C=N–C) groups is 2. The molecule has 37 heavy (non-hydrogen) atoms. The smallest absolute Gasteiger partial charge is 0.406 e. The molecule has 8 nitrogen and oxygen atoms in total. The predicted molar refractivity (Wildman–Crippen MR) is 134 cm³/mol. The second-order valence-corrected chi connectivity index (χ2v) is 8.21. The summed E-state index contributed by atoms with van der Waals surface area (Å²) in [6.45, 7) is 8.38. The maximum absolute atomic E-state index is 14.6. The van der Waals surface area contributed by atoms with E-state index in [9.17, 15) is 17.6 Å². The number of guanidine groups is 1. The molecule has 3 rings (SSSR count). The quantitative estimate of drug-likeness (QED) is 0.245. The number of alkyl halides is 3.